The molecule has 0 aliphatic carbocycles. The summed E-state index contributed by atoms with van der Waals surface area (Å²) in [5.74, 6) is 0.565. The first kappa shape index (κ1) is 17.6. The van der Waals surface area contributed by atoms with Crippen LogP contribution in [-0.4, -0.2) is 58.7 Å². The molecule has 5 nitrogen and oxygen atoms in total. The number of ether oxygens (including phenoxy) is 1. The molecule has 4 heterocycles. The molecule has 2 aromatic rings. The molecule has 2 saturated heterocycles. The number of fused-ring (bicyclic) bond motifs is 1. The van der Waals surface area contributed by atoms with Crippen LogP contribution >= 0.6 is 0 Å². The van der Waals surface area contributed by atoms with Crippen LogP contribution in [0.5, 0.6) is 0 Å². The Morgan fingerprint density at radius 1 is 1.15 bits per heavy atom. The van der Waals surface area contributed by atoms with Gasteiger partial charge in [0.05, 0.1) is 11.8 Å². The summed E-state index contributed by atoms with van der Waals surface area (Å²) in [6.07, 6.45) is 5.28. The van der Waals surface area contributed by atoms with Crippen molar-refractivity contribution in [3.8, 4) is 0 Å². The summed E-state index contributed by atoms with van der Waals surface area (Å²) in [6, 6.07) is 11.0. The molecule has 0 N–H and O–H groups in total. The van der Waals surface area contributed by atoms with E-state index in [-0.39, 0.29) is 0 Å². The highest BCUT2D eigenvalue weighted by Gasteiger charge is 2.44. The standard InChI is InChI=1S/C21H28N4O/c1-16-5-3-7-18(23-16)13-25-10-8-21(26-2)19-14-24(15-20(19)25)12-17-6-4-9-22-11-17/h3-7,9,11,19-21H,8,10,12-15H2,1-2H3/t19-,20+,21-/m0/s1. The van der Waals surface area contributed by atoms with E-state index in [1.54, 1.807) is 0 Å². The molecular formula is C21H28N4O. The van der Waals surface area contributed by atoms with Crippen molar-refractivity contribution in [3.63, 3.8) is 0 Å². The number of likely N-dealkylation sites (tertiary alicyclic amines) is 2. The Hall–Kier alpha value is -1.82. The molecule has 2 fully saturated rings. The second-order valence-electron chi connectivity index (χ2n) is 7.59. The summed E-state index contributed by atoms with van der Waals surface area (Å²) in [5, 5.41) is 0. The van der Waals surface area contributed by atoms with Crippen molar-refractivity contribution < 1.29 is 4.74 Å². The lowest BCUT2D eigenvalue weighted by Crippen LogP contribution is -2.50. The Bertz CT molecular complexity index is 723. The van der Waals surface area contributed by atoms with E-state index in [2.05, 4.69) is 46.0 Å². The zero-order valence-electron chi connectivity index (χ0n) is 15.7. The Labute approximate surface area is 156 Å². The number of methoxy groups -OCH3 is 1. The van der Waals surface area contributed by atoms with Crippen LogP contribution in [0, 0.1) is 12.8 Å². The average Bonchev–Trinajstić information content (AvgIpc) is 3.07. The lowest BCUT2D eigenvalue weighted by atomic mass is 9.89. The maximum atomic E-state index is 5.84. The van der Waals surface area contributed by atoms with Gasteiger partial charge in [-0.1, -0.05) is 12.1 Å². The van der Waals surface area contributed by atoms with Gasteiger partial charge < -0.3 is 4.74 Å². The van der Waals surface area contributed by atoms with Gasteiger partial charge in [0.15, 0.2) is 0 Å². The minimum Gasteiger partial charge on any atom is -0.381 e. The van der Waals surface area contributed by atoms with Gasteiger partial charge in [-0.05, 0) is 37.1 Å². The summed E-state index contributed by atoms with van der Waals surface area (Å²) in [5.41, 5.74) is 3.55. The minimum atomic E-state index is 0.362. The summed E-state index contributed by atoms with van der Waals surface area (Å²) < 4.78 is 5.84. The van der Waals surface area contributed by atoms with Crippen LogP contribution in [0.25, 0.3) is 0 Å². The van der Waals surface area contributed by atoms with Crippen molar-refractivity contribution in [1.29, 1.82) is 0 Å². The number of nitrogens with zero attached hydrogens (tertiary/aromatic N) is 4. The van der Waals surface area contributed by atoms with Gasteiger partial charge in [-0.25, -0.2) is 0 Å². The molecule has 5 heteroatoms. The number of pyridine rings is 2. The number of aryl methyl sites for hydroxylation is 1. The predicted octanol–water partition coefficient (Wildman–Crippen LogP) is 2.51. The van der Waals surface area contributed by atoms with E-state index in [1.807, 2.05) is 25.6 Å². The van der Waals surface area contributed by atoms with E-state index >= 15 is 0 Å². The zero-order chi connectivity index (χ0) is 17.9. The average molecular weight is 352 g/mol. The largest absolute Gasteiger partial charge is 0.381 e. The number of piperidine rings is 1. The maximum absolute atomic E-state index is 5.84. The van der Waals surface area contributed by atoms with Crippen molar-refractivity contribution in [1.82, 2.24) is 19.8 Å². The van der Waals surface area contributed by atoms with Crippen LogP contribution in [0.2, 0.25) is 0 Å². The van der Waals surface area contributed by atoms with Gasteiger partial charge in [0, 0.05) is 69.9 Å². The smallest absolute Gasteiger partial charge is 0.0639 e. The molecule has 0 saturated carbocycles. The number of rotatable bonds is 5. The molecule has 0 spiro atoms. The van der Waals surface area contributed by atoms with E-state index in [4.69, 9.17) is 9.72 Å². The molecule has 0 amide bonds. The molecule has 2 aromatic heterocycles. The van der Waals surface area contributed by atoms with Gasteiger partial charge in [-0.15, -0.1) is 0 Å². The third-order valence-corrected chi connectivity index (χ3v) is 5.80. The third-order valence-electron chi connectivity index (χ3n) is 5.80. The molecule has 26 heavy (non-hydrogen) atoms. The van der Waals surface area contributed by atoms with Crippen LogP contribution in [-0.2, 0) is 17.8 Å². The summed E-state index contributed by atoms with van der Waals surface area (Å²) >= 11 is 0. The van der Waals surface area contributed by atoms with Crippen LogP contribution in [0.4, 0.5) is 0 Å². The van der Waals surface area contributed by atoms with Crippen molar-refractivity contribution in [3.05, 3.63) is 59.7 Å². The summed E-state index contributed by atoms with van der Waals surface area (Å²) in [6.45, 7) is 7.22. The Kier molecular flexibility index (Phi) is 5.29. The lowest BCUT2D eigenvalue weighted by Gasteiger charge is -2.41. The van der Waals surface area contributed by atoms with E-state index < -0.39 is 0 Å². The fourth-order valence-electron chi connectivity index (χ4n) is 4.58. The molecule has 3 atom stereocenters. The van der Waals surface area contributed by atoms with Crippen molar-refractivity contribution >= 4 is 0 Å². The topological polar surface area (TPSA) is 41.5 Å². The fraction of sp³-hybridized carbons (Fsp3) is 0.524. The van der Waals surface area contributed by atoms with E-state index in [0.717, 1.165) is 44.8 Å². The Morgan fingerprint density at radius 2 is 2.08 bits per heavy atom. The second kappa shape index (κ2) is 7.82. The van der Waals surface area contributed by atoms with Gasteiger partial charge in [-0.2, -0.15) is 0 Å². The van der Waals surface area contributed by atoms with Gasteiger partial charge >= 0.3 is 0 Å². The third kappa shape index (κ3) is 3.80. The highest BCUT2D eigenvalue weighted by molar-refractivity contribution is 5.12. The van der Waals surface area contributed by atoms with Gasteiger partial charge in [0.2, 0.25) is 0 Å². The van der Waals surface area contributed by atoms with E-state index in [9.17, 15) is 0 Å². The lowest BCUT2D eigenvalue weighted by molar-refractivity contribution is -0.0248. The number of hydrogen-bond donors (Lipinski definition) is 0. The fourth-order valence-corrected chi connectivity index (χ4v) is 4.58. The molecule has 2 aliphatic heterocycles. The monoisotopic (exact) mass is 352 g/mol. The van der Waals surface area contributed by atoms with Gasteiger partial charge in [0.1, 0.15) is 0 Å². The highest BCUT2D eigenvalue weighted by atomic mass is 16.5. The second-order valence-corrected chi connectivity index (χ2v) is 7.59. The first-order chi connectivity index (χ1) is 12.7. The van der Waals surface area contributed by atoms with E-state index in [0.29, 0.717) is 18.1 Å². The number of aromatic nitrogens is 2. The molecular weight excluding hydrogens is 324 g/mol. The van der Waals surface area contributed by atoms with Gasteiger partial charge in [-0.3, -0.25) is 19.8 Å². The Morgan fingerprint density at radius 3 is 2.85 bits per heavy atom. The molecule has 138 valence electrons. The zero-order valence-corrected chi connectivity index (χ0v) is 15.7. The number of hydrogen-bond acceptors (Lipinski definition) is 5. The molecule has 0 bridgehead atoms. The quantitative estimate of drug-likeness (QED) is 0.827. The van der Waals surface area contributed by atoms with Crippen LogP contribution in [0.3, 0.4) is 0 Å². The molecule has 2 aliphatic rings. The molecule has 0 unspecified atom stereocenters. The van der Waals surface area contributed by atoms with Crippen molar-refractivity contribution in [2.45, 2.75) is 38.6 Å². The van der Waals surface area contributed by atoms with E-state index in [1.165, 1.54) is 11.3 Å². The molecule has 0 aromatic carbocycles. The molecule has 4 rings (SSSR count). The maximum Gasteiger partial charge on any atom is 0.0639 e. The first-order valence-corrected chi connectivity index (χ1v) is 9.53. The Balaban J connectivity index is 1.48. The van der Waals surface area contributed by atoms with Crippen LogP contribution < -0.4 is 0 Å². The predicted molar refractivity (Wildman–Crippen MR) is 102 cm³/mol. The van der Waals surface area contributed by atoms with Crippen molar-refractivity contribution in [2.75, 3.05) is 26.7 Å². The normalized spacial score (nSPS) is 26.8. The van der Waals surface area contributed by atoms with Crippen LogP contribution in [0.1, 0.15) is 23.4 Å². The first-order valence-electron chi connectivity index (χ1n) is 9.53. The minimum absolute atomic E-state index is 0.362. The van der Waals surface area contributed by atoms with Gasteiger partial charge in [0.25, 0.3) is 0 Å². The summed E-state index contributed by atoms with van der Waals surface area (Å²) in [4.78, 5) is 14.1. The summed E-state index contributed by atoms with van der Waals surface area (Å²) in [7, 11) is 1.86. The van der Waals surface area contributed by atoms with Crippen LogP contribution in [0.15, 0.2) is 42.7 Å². The molecule has 0 radical (unpaired) electrons. The highest BCUT2D eigenvalue weighted by Crippen LogP contribution is 2.33. The SMILES string of the molecule is CO[C@H]1CCN(Cc2cccc(C)n2)[C@@H]2CN(Cc3cccnc3)C[C@H]12. The van der Waals surface area contributed by atoms with Crippen molar-refractivity contribution in [2.24, 2.45) is 5.92 Å².